The topological polar surface area (TPSA) is 33.2 Å². The first-order valence-electron chi connectivity index (χ1n) is 7.93. The molecular formula is C18H21ClN2OS. The summed E-state index contributed by atoms with van der Waals surface area (Å²) in [4.78, 5) is 19.5. The summed E-state index contributed by atoms with van der Waals surface area (Å²) in [6.07, 6.45) is 4.33. The lowest BCUT2D eigenvalue weighted by Gasteiger charge is -2.32. The fourth-order valence-electron chi connectivity index (χ4n) is 3.22. The number of hydrogen-bond acceptors (Lipinski definition) is 3. The number of benzene rings is 1. The summed E-state index contributed by atoms with van der Waals surface area (Å²) in [5.74, 6) is 2.03. The highest BCUT2D eigenvalue weighted by Gasteiger charge is 2.24. The van der Waals surface area contributed by atoms with Crippen LogP contribution in [0.25, 0.3) is 10.9 Å². The molecule has 2 heterocycles. The van der Waals surface area contributed by atoms with Crippen molar-refractivity contribution in [1.29, 1.82) is 0 Å². The molecular weight excluding hydrogens is 328 g/mol. The molecule has 0 atom stereocenters. The number of amides is 1. The predicted octanol–water partition coefficient (Wildman–Crippen LogP) is 4.41. The zero-order valence-electron chi connectivity index (χ0n) is 13.5. The second kappa shape index (κ2) is 7.10. The van der Waals surface area contributed by atoms with Crippen LogP contribution in [0, 0.1) is 12.8 Å². The standard InChI is InChI=1S/C18H21ClN2OS/c1-12-9-16(15-10-14(19)3-4-17(15)20-12)18(22)21-7-5-13(6-8-21)11-23-2/h3-4,9-10,13H,5-8,11H2,1-2H3. The summed E-state index contributed by atoms with van der Waals surface area (Å²) in [6.45, 7) is 3.61. The monoisotopic (exact) mass is 348 g/mol. The van der Waals surface area contributed by atoms with E-state index in [1.54, 1.807) is 0 Å². The molecule has 1 aromatic heterocycles. The van der Waals surface area contributed by atoms with Gasteiger partial charge >= 0.3 is 0 Å². The zero-order valence-corrected chi connectivity index (χ0v) is 15.1. The SMILES string of the molecule is CSCC1CCN(C(=O)c2cc(C)nc3ccc(Cl)cc23)CC1. The number of thioether (sulfide) groups is 1. The first-order valence-corrected chi connectivity index (χ1v) is 9.71. The molecule has 23 heavy (non-hydrogen) atoms. The molecule has 1 amide bonds. The van der Waals surface area contributed by atoms with Gasteiger partial charge in [0.25, 0.3) is 5.91 Å². The number of aryl methyl sites for hydroxylation is 1. The van der Waals surface area contributed by atoms with Gasteiger partial charge in [-0.05, 0) is 62.0 Å². The van der Waals surface area contributed by atoms with E-state index in [0.717, 1.165) is 54.0 Å². The van der Waals surface area contributed by atoms with Crippen molar-refractivity contribution in [1.82, 2.24) is 9.88 Å². The van der Waals surface area contributed by atoms with Gasteiger partial charge < -0.3 is 4.90 Å². The van der Waals surface area contributed by atoms with Gasteiger partial charge in [0, 0.05) is 29.2 Å². The van der Waals surface area contributed by atoms with Gasteiger partial charge in [-0.25, -0.2) is 0 Å². The van der Waals surface area contributed by atoms with Crippen molar-refractivity contribution in [3.63, 3.8) is 0 Å². The molecule has 0 saturated carbocycles. The number of fused-ring (bicyclic) bond motifs is 1. The fourth-order valence-corrected chi connectivity index (χ4v) is 4.19. The lowest BCUT2D eigenvalue weighted by atomic mass is 9.97. The van der Waals surface area contributed by atoms with E-state index in [1.807, 2.05) is 47.9 Å². The Morgan fingerprint density at radius 2 is 2.09 bits per heavy atom. The molecule has 1 aliphatic heterocycles. The molecule has 122 valence electrons. The van der Waals surface area contributed by atoms with Gasteiger partial charge in [0.1, 0.15) is 0 Å². The maximum Gasteiger partial charge on any atom is 0.254 e. The van der Waals surface area contributed by atoms with Crippen molar-refractivity contribution >= 4 is 40.2 Å². The third-order valence-corrected chi connectivity index (χ3v) is 5.47. The molecule has 3 nitrogen and oxygen atoms in total. The Morgan fingerprint density at radius 1 is 1.35 bits per heavy atom. The van der Waals surface area contributed by atoms with Crippen molar-refractivity contribution in [3.8, 4) is 0 Å². The van der Waals surface area contributed by atoms with E-state index in [9.17, 15) is 4.79 Å². The van der Waals surface area contributed by atoms with Gasteiger partial charge in [0.15, 0.2) is 0 Å². The summed E-state index contributed by atoms with van der Waals surface area (Å²) in [7, 11) is 0. The molecule has 1 aromatic carbocycles. The second-order valence-electron chi connectivity index (χ2n) is 6.16. The average molecular weight is 349 g/mol. The van der Waals surface area contributed by atoms with Crippen molar-refractivity contribution in [2.75, 3.05) is 25.1 Å². The quantitative estimate of drug-likeness (QED) is 0.823. The van der Waals surface area contributed by atoms with Crippen LogP contribution in [0.2, 0.25) is 5.02 Å². The van der Waals surface area contributed by atoms with Crippen LogP contribution in [0.15, 0.2) is 24.3 Å². The molecule has 0 N–H and O–H groups in total. The van der Waals surface area contributed by atoms with E-state index in [1.165, 1.54) is 5.75 Å². The lowest BCUT2D eigenvalue weighted by Crippen LogP contribution is -2.39. The van der Waals surface area contributed by atoms with Gasteiger partial charge in [-0.15, -0.1) is 0 Å². The Balaban J connectivity index is 1.88. The number of pyridine rings is 1. The van der Waals surface area contributed by atoms with Crippen LogP contribution in [0.4, 0.5) is 0 Å². The van der Waals surface area contributed by atoms with Crippen LogP contribution in [0.3, 0.4) is 0 Å². The number of hydrogen-bond donors (Lipinski definition) is 0. The third-order valence-electron chi connectivity index (χ3n) is 4.43. The smallest absolute Gasteiger partial charge is 0.254 e. The molecule has 0 bridgehead atoms. The van der Waals surface area contributed by atoms with Gasteiger partial charge in [-0.2, -0.15) is 11.8 Å². The van der Waals surface area contributed by atoms with Crippen LogP contribution in [0.1, 0.15) is 28.9 Å². The lowest BCUT2D eigenvalue weighted by molar-refractivity contribution is 0.0700. The summed E-state index contributed by atoms with van der Waals surface area (Å²) in [5.41, 5.74) is 2.41. The Kier molecular flexibility index (Phi) is 5.12. The van der Waals surface area contributed by atoms with E-state index < -0.39 is 0 Å². The first kappa shape index (κ1) is 16.6. The van der Waals surface area contributed by atoms with Crippen LogP contribution in [0.5, 0.6) is 0 Å². The number of piperidine rings is 1. The van der Waals surface area contributed by atoms with Crippen LogP contribution in [-0.4, -0.2) is 40.9 Å². The van der Waals surface area contributed by atoms with Crippen LogP contribution in [-0.2, 0) is 0 Å². The van der Waals surface area contributed by atoms with E-state index >= 15 is 0 Å². The Bertz CT molecular complexity index is 726. The third kappa shape index (κ3) is 3.64. The Morgan fingerprint density at radius 3 is 2.78 bits per heavy atom. The largest absolute Gasteiger partial charge is 0.339 e. The number of likely N-dealkylation sites (tertiary alicyclic amines) is 1. The second-order valence-corrected chi connectivity index (χ2v) is 7.51. The number of nitrogens with zero attached hydrogens (tertiary/aromatic N) is 2. The Labute approximate surface area is 146 Å². The van der Waals surface area contributed by atoms with Crippen molar-refractivity contribution in [2.45, 2.75) is 19.8 Å². The van der Waals surface area contributed by atoms with E-state index in [4.69, 9.17) is 11.6 Å². The minimum atomic E-state index is 0.102. The van der Waals surface area contributed by atoms with Crippen molar-refractivity contribution in [2.24, 2.45) is 5.92 Å². The van der Waals surface area contributed by atoms with Gasteiger partial charge in [0.05, 0.1) is 11.1 Å². The van der Waals surface area contributed by atoms with Gasteiger partial charge in [0.2, 0.25) is 0 Å². The van der Waals surface area contributed by atoms with Crippen molar-refractivity contribution < 1.29 is 4.79 Å². The number of carbonyl (C=O) groups excluding carboxylic acids is 1. The van der Waals surface area contributed by atoms with Crippen LogP contribution >= 0.6 is 23.4 Å². The highest BCUT2D eigenvalue weighted by atomic mass is 35.5. The Hall–Kier alpha value is -1.26. The predicted molar refractivity (Wildman–Crippen MR) is 98.5 cm³/mol. The molecule has 0 spiro atoms. The molecule has 3 rings (SSSR count). The summed E-state index contributed by atoms with van der Waals surface area (Å²) >= 11 is 8.01. The normalized spacial score (nSPS) is 16.0. The van der Waals surface area contributed by atoms with Crippen molar-refractivity contribution in [3.05, 3.63) is 40.5 Å². The highest BCUT2D eigenvalue weighted by molar-refractivity contribution is 7.98. The van der Waals surface area contributed by atoms with Crippen LogP contribution < -0.4 is 0 Å². The fraction of sp³-hybridized carbons (Fsp3) is 0.444. The number of rotatable bonds is 3. The molecule has 0 radical (unpaired) electrons. The average Bonchev–Trinajstić information content (AvgIpc) is 2.55. The molecule has 1 saturated heterocycles. The molecule has 0 aliphatic carbocycles. The molecule has 1 aliphatic rings. The summed E-state index contributed by atoms with van der Waals surface area (Å²) < 4.78 is 0. The number of carbonyl (C=O) groups is 1. The maximum atomic E-state index is 13.0. The summed E-state index contributed by atoms with van der Waals surface area (Å²) in [6, 6.07) is 7.43. The first-order chi connectivity index (χ1) is 11.1. The number of halogens is 1. The molecule has 1 fully saturated rings. The number of aromatic nitrogens is 1. The molecule has 2 aromatic rings. The minimum absolute atomic E-state index is 0.102. The van der Waals surface area contributed by atoms with E-state index in [2.05, 4.69) is 11.2 Å². The van der Waals surface area contributed by atoms with E-state index in [-0.39, 0.29) is 5.91 Å². The minimum Gasteiger partial charge on any atom is -0.339 e. The van der Waals surface area contributed by atoms with E-state index in [0.29, 0.717) is 5.02 Å². The highest BCUT2D eigenvalue weighted by Crippen LogP contribution is 2.26. The molecule has 5 heteroatoms. The maximum absolute atomic E-state index is 13.0. The van der Waals surface area contributed by atoms with Gasteiger partial charge in [-0.3, -0.25) is 9.78 Å². The van der Waals surface area contributed by atoms with Gasteiger partial charge in [-0.1, -0.05) is 11.6 Å². The molecule has 0 unspecified atom stereocenters. The zero-order chi connectivity index (χ0) is 16.4. The summed E-state index contributed by atoms with van der Waals surface area (Å²) in [5, 5.41) is 1.48.